The van der Waals surface area contributed by atoms with Gasteiger partial charge in [-0.2, -0.15) is 0 Å². The number of anilines is 1. The van der Waals surface area contributed by atoms with Crippen LogP contribution in [0.1, 0.15) is 29.7 Å². The number of hydrogen-bond acceptors (Lipinski definition) is 6. The van der Waals surface area contributed by atoms with E-state index in [-0.39, 0.29) is 12.1 Å². The van der Waals surface area contributed by atoms with Crippen LogP contribution >= 0.6 is 11.6 Å². The van der Waals surface area contributed by atoms with E-state index >= 15 is 0 Å². The van der Waals surface area contributed by atoms with Gasteiger partial charge in [0.05, 0.1) is 12.1 Å². The van der Waals surface area contributed by atoms with Crippen LogP contribution in [0.15, 0.2) is 30.6 Å². The van der Waals surface area contributed by atoms with E-state index in [1.165, 1.54) is 5.56 Å². The van der Waals surface area contributed by atoms with Crippen LogP contribution in [0, 0.1) is 13.8 Å². The van der Waals surface area contributed by atoms with Gasteiger partial charge in [-0.05, 0) is 57.5 Å². The number of piperidine rings is 1. The van der Waals surface area contributed by atoms with Gasteiger partial charge in [-0.25, -0.2) is 9.97 Å². The lowest BCUT2D eigenvalue weighted by Gasteiger charge is -2.34. The van der Waals surface area contributed by atoms with Crippen molar-refractivity contribution < 1.29 is 5.11 Å². The molecule has 4 rings (SSSR count). The highest BCUT2D eigenvalue weighted by molar-refractivity contribution is 6.30. The molecule has 1 unspecified atom stereocenters. The number of nitrogens with zero attached hydrogens (tertiary/aromatic N) is 4. The third kappa shape index (κ3) is 4.89. The predicted molar refractivity (Wildman–Crippen MR) is 116 cm³/mol. The second kappa shape index (κ2) is 8.96. The second-order valence-corrected chi connectivity index (χ2v) is 8.77. The van der Waals surface area contributed by atoms with E-state index < -0.39 is 0 Å². The molecule has 3 heterocycles. The molecular formula is C22H30ClN5O. The number of hydrogen-bond donors (Lipinski definition) is 2. The van der Waals surface area contributed by atoms with Crippen LogP contribution in [0.3, 0.4) is 0 Å². The van der Waals surface area contributed by atoms with Crippen molar-refractivity contribution in [2.75, 3.05) is 31.1 Å². The van der Waals surface area contributed by atoms with Crippen LogP contribution in [0.25, 0.3) is 0 Å². The van der Waals surface area contributed by atoms with Crippen LogP contribution in [0.4, 0.5) is 5.82 Å². The molecule has 1 aromatic heterocycles. The Morgan fingerprint density at radius 1 is 1.10 bits per heavy atom. The lowest BCUT2D eigenvalue weighted by Crippen LogP contribution is -2.49. The Hall–Kier alpha value is -1.73. The van der Waals surface area contributed by atoms with E-state index in [1.54, 1.807) is 6.33 Å². The predicted octanol–water partition coefficient (Wildman–Crippen LogP) is 2.55. The van der Waals surface area contributed by atoms with Crippen molar-refractivity contribution in [3.8, 4) is 0 Å². The van der Waals surface area contributed by atoms with Crippen molar-refractivity contribution in [3.05, 3.63) is 52.4 Å². The zero-order valence-corrected chi connectivity index (χ0v) is 17.9. The summed E-state index contributed by atoms with van der Waals surface area (Å²) >= 11 is 5.98. The first-order valence-electron chi connectivity index (χ1n) is 10.4. The summed E-state index contributed by atoms with van der Waals surface area (Å²) in [6.07, 6.45) is 3.43. The molecule has 6 nitrogen and oxygen atoms in total. The number of β-amino-alcohol motifs (C(OH)–C–C–N with tert-alkyl or cyclic N) is 1. The Bertz CT molecular complexity index is 822. The van der Waals surface area contributed by atoms with Gasteiger partial charge in [-0.1, -0.05) is 23.7 Å². The van der Waals surface area contributed by atoms with E-state index in [0.717, 1.165) is 61.1 Å². The first-order valence-corrected chi connectivity index (χ1v) is 10.8. The average molecular weight is 416 g/mol. The van der Waals surface area contributed by atoms with Gasteiger partial charge in [-0.15, -0.1) is 0 Å². The molecular weight excluding hydrogens is 386 g/mol. The highest BCUT2D eigenvalue weighted by Gasteiger charge is 2.34. The van der Waals surface area contributed by atoms with Gasteiger partial charge >= 0.3 is 0 Å². The maximum atomic E-state index is 10.6. The average Bonchev–Trinajstić information content (AvgIpc) is 3.07. The molecule has 0 radical (unpaired) electrons. The topological polar surface area (TPSA) is 64.5 Å². The molecule has 2 saturated heterocycles. The SMILES string of the molecule is Cc1ncnc(N2CC(NC3CCN(Cc4ccc(Cl)cc4)CC3)[C@H](O)C2)c1C. The number of rotatable bonds is 5. The number of likely N-dealkylation sites (tertiary alicyclic amines) is 1. The molecule has 2 N–H and O–H groups in total. The molecule has 0 amide bonds. The molecule has 0 saturated carbocycles. The fourth-order valence-corrected chi connectivity index (χ4v) is 4.50. The Morgan fingerprint density at radius 2 is 1.83 bits per heavy atom. The van der Waals surface area contributed by atoms with E-state index in [2.05, 4.69) is 37.2 Å². The number of benzene rings is 1. The minimum atomic E-state index is -0.378. The van der Waals surface area contributed by atoms with Crippen LogP contribution in [0.5, 0.6) is 0 Å². The van der Waals surface area contributed by atoms with Gasteiger partial charge in [0.25, 0.3) is 0 Å². The summed E-state index contributed by atoms with van der Waals surface area (Å²) in [5.41, 5.74) is 3.39. The van der Waals surface area contributed by atoms with Crippen LogP contribution in [0.2, 0.25) is 5.02 Å². The monoisotopic (exact) mass is 415 g/mol. The van der Waals surface area contributed by atoms with Crippen molar-refractivity contribution in [2.24, 2.45) is 0 Å². The van der Waals surface area contributed by atoms with Gasteiger partial charge in [0.2, 0.25) is 0 Å². The molecule has 1 aromatic carbocycles. The third-order valence-electron chi connectivity index (χ3n) is 6.25. The van der Waals surface area contributed by atoms with Crippen molar-refractivity contribution >= 4 is 17.4 Å². The van der Waals surface area contributed by atoms with Crippen LogP contribution in [-0.4, -0.2) is 64.3 Å². The largest absolute Gasteiger partial charge is 0.390 e. The summed E-state index contributed by atoms with van der Waals surface area (Å²) in [5.74, 6) is 0.943. The molecule has 2 aliphatic heterocycles. The van der Waals surface area contributed by atoms with Gasteiger partial charge in [0.1, 0.15) is 12.1 Å². The summed E-state index contributed by atoms with van der Waals surface area (Å²) in [6, 6.07) is 8.65. The third-order valence-corrected chi connectivity index (χ3v) is 6.51. The number of aryl methyl sites for hydroxylation is 1. The molecule has 2 aliphatic rings. The summed E-state index contributed by atoms with van der Waals surface area (Å²) < 4.78 is 0. The molecule has 0 aliphatic carbocycles. The first-order chi connectivity index (χ1) is 14.0. The van der Waals surface area contributed by atoms with E-state index in [4.69, 9.17) is 11.6 Å². The lowest BCUT2D eigenvalue weighted by atomic mass is 10.0. The standard InChI is InChI=1S/C22H30ClN5O/c1-15-16(2)24-14-25-22(15)28-12-20(21(29)13-28)26-19-7-9-27(10-8-19)11-17-3-5-18(23)6-4-17/h3-6,14,19-21,26,29H,7-13H2,1-2H3/t20?,21-/m1/s1. The van der Waals surface area contributed by atoms with Crippen molar-refractivity contribution in [2.45, 2.75) is 51.4 Å². The number of halogens is 1. The maximum absolute atomic E-state index is 10.6. The van der Waals surface area contributed by atoms with E-state index in [9.17, 15) is 5.11 Å². The lowest BCUT2D eigenvalue weighted by molar-refractivity contribution is 0.136. The highest BCUT2D eigenvalue weighted by atomic mass is 35.5. The van der Waals surface area contributed by atoms with E-state index in [0.29, 0.717) is 12.6 Å². The van der Waals surface area contributed by atoms with Crippen LogP contribution < -0.4 is 10.2 Å². The van der Waals surface area contributed by atoms with Gasteiger partial charge in [0.15, 0.2) is 0 Å². The Labute approximate surface area is 177 Å². The molecule has 7 heteroatoms. The quantitative estimate of drug-likeness (QED) is 0.782. The minimum absolute atomic E-state index is 0.0810. The molecule has 0 spiro atoms. The minimum Gasteiger partial charge on any atom is -0.390 e. The van der Waals surface area contributed by atoms with Crippen molar-refractivity contribution in [3.63, 3.8) is 0 Å². The summed E-state index contributed by atoms with van der Waals surface area (Å²) in [6.45, 7) is 8.55. The summed E-state index contributed by atoms with van der Waals surface area (Å²) in [5, 5.41) is 15.1. The molecule has 2 aromatic rings. The first kappa shape index (κ1) is 20.5. The fourth-order valence-electron chi connectivity index (χ4n) is 4.38. The zero-order valence-electron chi connectivity index (χ0n) is 17.2. The van der Waals surface area contributed by atoms with Crippen LogP contribution in [-0.2, 0) is 6.54 Å². The highest BCUT2D eigenvalue weighted by Crippen LogP contribution is 2.24. The normalized spacial score (nSPS) is 23.7. The number of aliphatic hydroxyl groups is 1. The van der Waals surface area contributed by atoms with Crippen molar-refractivity contribution in [1.82, 2.24) is 20.2 Å². The van der Waals surface area contributed by atoms with E-state index in [1.807, 2.05) is 26.0 Å². The van der Waals surface area contributed by atoms with Gasteiger partial charge < -0.3 is 15.3 Å². The number of nitrogens with one attached hydrogen (secondary N) is 1. The van der Waals surface area contributed by atoms with Crippen molar-refractivity contribution in [1.29, 1.82) is 0 Å². The number of aliphatic hydroxyl groups excluding tert-OH is 1. The second-order valence-electron chi connectivity index (χ2n) is 8.33. The van der Waals surface area contributed by atoms with Gasteiger partial charge in [-0.3, -0.25) is 4.90 Å². The Kier molecular flexibility index (Phi) is 6.35. The zero-order chi connectivity index (χ0) is 20.4. The fraction of sp³-hybridized carbons (Fsp3) is 0.545. The summed E-state index contributed by atoms with van der Waals surface area (Å²) in [7, 11) is 0. The number of aromatic nitrogens is 2. The Balaban J connectivity index is 1.28. The molecule has 156 valence electrons. The molecule has 2 atom stereocenters. The molecule has 0 bridgehead atoms. The smallest absolute Gasteiger partial charge is 0.135 e. The molecule has 29 heavy (non-hydrogen) atoms. The molecule has 2 fully saturated rings. The Morgan fingerprint density at radius 3 is 2.55 bits per heavy atom. The van der Waals surface area contributed by atoms with Gasteiger partial charge in [0, 0.05) is 42.0 Å². The summed E-state index contributed by atoms with van der Waals surface area (Å²) in [4.78, 5) is 13.4. The maximum Gasteiger partial charge on any atom is 0.135 e.